The second kappa shape index (κ2) is 2.28. The molecule has 5 aliphatic rings. The summed E-state index contributed by atoms with van der Waals surface area (Å²) in [6, 6.07) is 0.199. The number of nitrogens with one attached hydrogen (secondary N) is 1. The van der Waals surface area contributed by atoms with Crippen LogP contribution < -0.4 is 5.32 Å². The fourth-order valence-corrected chi connectivity index (χ4v) is 5.06. The zero-order chi connectivity index (χ0) is 10.2. The van der Waals surface area contributed by atoms with Crippen LogP contribution in [0.3, 0.4) is 0 Å². The van der Waals surface area contributed by atoms with Gasteiger partial charge in [-0.05, 0) is 49.9 Å². The van der Waals surface area contributed by atoms with Gasteiger partial charge < -0.3 is 5.32 Å². The van der Waals surface area contributed by atoms with E-state index in [-0.39, 0.29) is 23.1 Å². The fourth-order valence-electron chi connectivity index (χ4n) is 5.06. The van der Waals surface area contributed by atoms with Gasteiger partial charge in [-0.25, -0.2) is 0 Å². The highest BCUT2D eigenvalue weighted by Gasteiger charge is 2.65. The molecule has 15 heavy (non-hydrogen) atoms. The minimum atomic E-state index is -0.298. The number of hydrogen-bond donors (Lipinski definition) is 1. The van der Waals surface area contributed by atoms with Crippen LogP contribution in [0.2, 0.25) is 0 Å². The van der Waals surface area contributed by atoms with Crippen LogP contribution in [0.1, 0.15) is 32.1 Å². The molecular formula is C12H15NO2. The third kappa shape index (κ3) is 0.800. The molecule has 3 nitrogen and oxygen atoms in total. The number of carbonyl (C=O) groups excluding carboxylic acids is 2. The number of rotatable bonds is 0. The molecule has 4 bridgehead atoms. The lowest BCUT2D eigenvalue weighted by molar-refractivity contribution is -0.145. The standard InChI is InChI=1S/C12H15NO2/c14-10-11(15)13-9-8-2-6-1-7(3-8)5-12(9,10)4-6/h6-9H,1-5H2,(H,13,15). The maximum absolute atomic E-state index is 12.0. The van der Waals surface area contributed by atoms with Gasteiger partial charge in [-0.1, -0.05) is 0 Å². The third-order valence-electron chi connectivity index (χ3n) is 5.26. The van der Waals surface area contributed by atoms with Crippen molar-refractivity contribution in [1.82, 2.24) is 5.32 Å². The summed E-state index contributed by atoms with van der Waals surface area (Å²) in [7, 11) is 0. The SMILES string of the molecule is O=C1NC2C3CC4CC(C3)CC2(C4)C1=O. The predicted octanol–water partition coefficient (Wildman–Crippen LogP) is 0.880. The Morgan fingerprint density at radius 3 is 2.40 bits per heavy atom. The molecule has 1 saturated heterocycles. The summed E-state index contributed by atoms with van der Waals surface area (Å²) in [6.07, 6.45) is 5.78. The van der Waals surface area contributed by atoms with Crippen molar-refractivity contribution in [3.05, 3.63) is 0 Å². The molecule has 1 heterocycles. The molecule has 5 fully saturated rings. The van der Waals surface area contributed by atoms with Gasteiger partial charge in [0.2, 0.25) is 5.78 Å². The summed E-state index contributed by atoms with van der Waals surface area (Å²) in [6.45, 7) is 0. The van der Waals surface area contributed by atoms with Crippen LogP contribution >= 0.6 is 0 Å². The van der Waals surface area contributed by atoms with E-state index >= 15 is 0 Å². The number of amides is 1. The normalized spacial score (nSPS) is 55.7. The van der Waals surface area contributed by atoms with Crippen LogP contribution in [0.5, 0.6) is 0 Å². The Labute approximate surface area is 88.6 Å². The molecular weight excluding hydrogens is 190 g/mol. The van der Waals surface area contributed by atoms with Crippen molar-refractivity contribution in [2.24, 2.45) is 23.2 Å². The molecule has 3 heteroatoms. The molecule has 3 atom stereocenters. The Hall–Kier alpha value is -0.860. The molecule has 5 rings (SSSR count). The van der Waals surface area contributed by atoms with Gasteiger partial charge in [0.05, 0.1) is 5.41 Å². The van der Waals surface area contributed by atoms with E-state index < -0.39 is 0 Å². The van der Waals surface area contributed by atoms with Crippen molar-refractivity contribution in [1.29, 1.82) is 0 Å². The molecule has 0 aromatic rings. The highest BCUT2D eigenvalue weighted by molar-refractivity contribution is 6.40. The molecule has 1 aliphatic heterocycles. The van der Waals surface area contributed by atoms with Gasteiger partial charge in [-0.2, -0.15) is 0 Å². The molecule has 3 unspecified atom stereocenters. The van der Waals surface area contributed by atoms with E-state index in [1.807, 2.05) is 0 Å². The molecule has 80 valence electrons. The molecule has 4 saturated carbocycles. The average Bonchev–Trinajstić information content (AvgIpc) is 2.42. The van der Waals surface area contributed by atoms with E-state index in [1.54, 1.807) is 0 Å². The first-order valence-corrected chi connectivity index (χ1v) is 6.04. The first-order chi connectivity index (χ1) is 7.19. The Balaban J connectivity index is 1.86. The lowest BCUT2D eigenvalue weighted by atomic mass is 9.47. The second-order valence-electron chi connectivity index (χ2n) is 6.04. The van der Waals surface area contributed by atoms with E-state index in [0.717, 1.165) is 24.7 Å². The average molecular weight is 205 g/mol. The van der Waals surface area contributed by atoms with E-state index in [0.29, 0.717) is 5.92 Å². The number of Topliss-reactive ketones (excluding diaryl/α,β-unsaturated/α-hetero) is 1. The highest BCUT2D eigenvalue weighted by Crippen LogP contribution is 2.61. The molecule has 1 N–H and O–H groups in total. The van der Waals surface area contributed by atoms with Crippen LogP contribution in [0.4, 0.5) is 0 Å². The van der Waals surface area contributed by atoms with Crippen LogP contribution in [-0.2, 0) is 9.59 Å². The summed E-state index contributed by atoms with van der Waals surface area (Å²) >= 11 is 0. The van der Waals surface area contributed by atoms with Gasteiger partial charge in [0.1, 0.15) is 0 Å². The Kier molecular flexibility index (Phi) is 1.26. The summed E-state index contributed by atoms with van der Waals surface area (Å²) in [5, 5.41) is 2.95. The molecule has 1 spiro atoms. The number of carbonyl (C=O) groups is 2. The molecule has 1 amide bonds. The van der Waals surface area contributed by atoms with Gasteiger partial charge in [-0.3, -0.25) is 9.59 Å². The largest absolute Gasteiger partial charge is 0.345 e. The molecule has 0 aromatic heterocycles. The smallest absolute Gasteiger partial charge is 0.288 e. The zero-order valence-electron chi connectivity index (χ0n) is 8.66. The van der Waals surface area contributed by atoms with Crippen molar-refractivity contribution in [2.45, 2.75) is 38.1 Å². The van der Waals surface area contributed by atoms with Crippen LogP contribution in [0.15, 0.2) is 0 Å². The summed E-state index contributed by atoms with van der Waals surface area (Å²) in [5.41, 5.74) is -0.258. The van der Waals surface area contributed by atoms with Gasteiger partial charge >= 0.3 is 0 Å². The summed E-state index contributed by atoms with van der Waals surface area (Å²) in [5.74, 6) is 1.68. The fraction of sp³-hybridized carbons (Fsp3) is 0.833. The highest BCUT2D eigenvalue weighted by atomic mass is 16.2. The Morgan fingerprint density at radius 2 is 1.73 bits per heavy atom. The second-order valence-corrected chi connectivity index (χ2v) is 6.04. The minimum Gasteiger partial charge on any atom is -0.345 e. The molecule has 0 aromatic carbocycles. The quantitative estimate of drug-likeness (QED) is 0.597. The van der Waals surface area contributed by atoms with Crippen molar-refractivity contribution in [3.8, 4) is 0 Å². The molecule has 0 radical (unpaired) electrons. The van der Waals surface area contributed by atoms with Crippen LogP contribution in [0, 0.1) is 23.2 Å². The lowest BCUT2D eigenvalue weighted by Crippen LogP contribution is -2.58. The number of ketones is 1. The van der Waals surface area contributed by atoms with Crippen molar-refractivity contribution < 1.29 is 9.59 Å². The van der Waals surface area contributed by atoms with E-state index in [2.05, 4.69) is 5.32 Å². The van der Waals surface area contributed by atoms with Crippen molar-refractivity contribution >= 4 is 11.7 Å². The van der Waals surface area contributed by atoms with Gasteiger partial charge in [0.25, 0.3) is 5.91 Å². The first kappa shape index (κ1) is 8.31. The summed E-state index contributed by atoms with van der Waals surface area (Å²) in [4.78, 5) is 23.6. The predicted molar refractivity (Wildman–Crippen MR) is 52.9 cm³/mol. The molecule has 4 aliphatic carbocycles. The van der Waals surface area contributed by atoms with Gasteiger partial charge in [0.15, 0.2) is 0 Å². The van der Waals surface area contributed by atoms with Crippen molar-refractivity contribution in [2.75, 3.05) is 0 Å². The first-order valence-electron chi connectivity index (χ1n) is 6.04. The maximum Gasteiger partial charge on any atom is 0.288 e. The van der Waals surface area contributed by atoms with E-state index in [9.17, 15) is 9.59 Å². The Morgan fingerprint density at radius 1 is 1.07 bits per heavy atom. The zero-order valence-corrected chi connectivity index (χ0v) is 8.66. The topological polar surface area (TPSA) is 46.2 Å². The number of hydrogen-bond acceptors (Lipinski definition) is 2. The van der Waals surface area contributed by atoms with Gasteiger partial charge in [0, 0.05) is 6.04 Å². The van der Waals surface area contributed by atoms with E-state index in [1.165, 1.54) is 19.3 Å². The van der Waals surface area contributed by atoms with Crippen LogP contribution in [-0.4, -0.2) is 17.7 Å². The lowest BCUT2D eigenvalue weighted by Gasteiger charge is -2.57. The Bertz CT molecular complexity index is 362. The third-order valence-corrected chi connectivity index (χ3v) is 5.26. The monoisotopic (exact) mass is 205 g/mol. The minimum absolute atomic E-state index is 0.0911. The maximum atomic E-state index is 12.0. The van der Waals surface area contributed by atoms with Crippen molar-refractivity contribution in [3.63, 3.8) is 0 Å². The van der Waals surface area contributed by atoms with Crippen LogP contribution in [0.25, 0.3) is 0 Å². The summed E-state index contributed by atoms with van der Waals surface area (Å²) < 4.78 is 0. The van der Waals surface area contributed by atoms with E-state index in [4.69, 9.17) is 0 Å². The van der Waals surface area contributed by atoms with Gasteiger partial charge in [-0.15, -0.1) is 0 Å².